The lowest BCUT2D eigenvalue weighted by Gasteiger charge is -2.38. The molecular weight excluding hydrogens is 293 g/mol. The van der Waals surface area contributed by atoms with Crippen LogP contribution in [0.5, 0.6) is 0 Å². The molecule has 2 heterocycles. The first kappa shape index (κ1) is 15.8. The van der Waals surface area contributed by atoms with Gasteiger partial charge in [-0.3, -0.25) is 0 Å². The smallest absolute Gasteiger partial charge is 0.152 e. The van der Waals surface area contributed by atoms with Gasteiger partial charge in [0.05, 0.1) is 17.9 Å². The fraction of sp³-hybridized carbons (Fsp3) is 0.529. The van der Waals surface area contributed by atoms with E-state index in [1.54, 1.807) is 12.1 Å². The maximum atomic E-state index is 13.8. The van der Waals surface area contributed by atoms with Crippen molar-refractivity contribution >= 4 is 11.4 Å². The van der Waals surface area contributed by atoms with Crippen LogP contribution in [0.15, 0.2) is 18.2 Å². The van der Waals surface area contributed by atoms with Gasteiger partial charge in [-0.05, 0) is 38.5 Å². The first-order valence-corrected chi connectivity index (χ1v) is 8.32. The van der Waals surface area contributed by atoms with E-state index in [4.69, 9.17) is 0 Å². The number of aromatic nitrogens is 3. The molecule has 0 spiro atoms. The molecule has 6 heteroatoms. The zero-order valence-corrected chi connectivity index (χ0v) is 14.1. The molecule has 0 aliphatic carbocycles. The molecule has 0 saturated carbocycles. The van der Waals surface area contributed by atoms with Crippen molar-refractivity contribution in [3.63, 3.8) is 0 Å². The average Bonchev–Trinajstić information content (AvgIpc) is 2.89. The Morgan fingerprint density at radius 3 is 2.61 bits per heavy atom. The highest BCUT2D eigenvalue weighted by Crippen LogP contribution is 2.34. The summed E-state index contributed by atoms with van der Waals surface area (Å²) in [5.74, 6) is 1.66. The van der Waals surface area contributed by atoms with Gasteiger partial charge in [0.25, 0.3) is 0 Å². The minimum Gasteiger partial charge on any atom is -0.368 e. The van der Waals surface area contributed by atoms with Gasteiger partial charge in [0, 0.05) is 26.2 Å². The van der Waals surface area contributed by atoms with Crippen molar-refractivity contribution in [2.45, 2.75) is 40.3 Å². The van der Waals surface area contributed by atoms with Gasteiger partial charge in [-0.15, -0.1) is 10.2 Å². The van der Waals surface area contributed by atoms with Crippen LogP contribution >= 0.6 is 0 Å². The van der Waals surface area contributed by atoms with Crippen molar-refractivity contribution < 1.29 is 4.39 Å². The number of nitrogens with zero attached hydrogens (tertiary/aromatic N) is 5. The van der Waals surface area contributed by atoms with E-state index in [2.05, 4.69) is 38.4 Å². The zero-order chi connectivity index (χ0) is 16.4. The number of halogens is 1. The molecule has 1 aromatic heterocycles. The molecular formula is C17H24FN5. The summed E-state index contributed by atoms with van der Waals surface area (Å²) in [6.07, 6.45) is 1.08. The third-order valence-electron chi connectivity index (χ3n) is 4.41. The van der Waals surface area contributed by atoms with E-state index in [1.807, 2.05) is 13.0 Å². The lowest BCUT2D eigenvalue weighted by molar-refractivity contribution is 0.611. The predicted molar refractivity (Wildman–Crippen MR) is 90.4 cm³/mol. The van der Waals surface area contributed by atoms with Crippen molar-refractivity contribution in [3.05, 3.63) is 35.7 Å². The van der Waals surface area contributed by atoms with Gasteiger partial charge < -0.3 is 14.4 Å². The summed E-state index contributed by atoms with van der Waals surface area (Å²) < 4.78 is 15.9. The van der Waals surface area contributed by atoms with Crippen LogP contribution in [0, 0.1) is 12.7 Å². The van der Waals surface area contributed by atoms with Crippen LogP contribution in [-0.4, -0.2) is 34.4 Å². The third-order valence-corrected chi connectivity index (χ3v) is 4.41. The second kappa shape index (κ2) is 6.56. The molecule has 0 N–H and O–H groups in total. The molecule has 0 atom stereocenters. The van der Waals surface area contributed by atoms with Gasteiger partial charge in [-0.25, -0.2) is 4.39 Å². The first-order chi connectivity index (χ1) is 11.1. The van der Waals surface area contributed by atoms with Gasteiger partial charge in [0.15, 0.2) is 5.82 Å². The second-order valence-corrected chi connectivity index (χ2v) is 5.95. The summed E-state index contributed by atoms with van der Waals surface area (Å²) in [5.41, 5.74) is 2.06. The van der Waals surface area contributed by atoms with Crippen LogP contribution in [0.25, 0.3) is 0 Å². The molecule has 3 rings (SSSR count). The number of aryl methyl sites for hydroxylation is 1. The van der Waals surface area contributed by atoms with E-state index >= 15 is 0 Å². The van der Waals surface area contributed by atoms with Gasteiger partial charge >= 0.3 is 0 Å². The minimum atomic E-state index is -0.194. The molecule has 0 unspecified atom stereocenters. The highest BCUT2D eigenvalue weighted by molar-refractivity contribution is 5.73. The molecule has 2 aromatic rings. The molecule has 1 aliphatic rings. The van der Waals surface area contributed by atoms with Crippen molar-refractivity contribution in [3.8, 4) is 0 Å². The minimum absolute atomic E-state index is 0.194. The summed E-state index contributed by atoms with van der Waals surface area (Å²) in [6, 6.07) is 5.07. The van der Waals surface area contributed by atoms with E-state index in [1.165, 1.54) is 0 Å². The zero-order valence-electron chi connectivity index (χ0n) is 14.1. The molecule has 0 bridgehead atoms. The van der Waals surface area contributed by atoms with Crippen LogP contribution in [0.1, 0.15) is 31.9 Å². The maximum Gasteiger partial charge on any atom is 0.152 e. The van der Waals surface area contributed by atoms with Crippen LogP contribution < -0.4 is 9.80 Å². The lowest BCUT2D eigenvalue weighted by atomic mass is 10.1. The van der Waals surface area contributed by atoms with E-state index in [0.29, 0.717) is 6.54 Å². The van der Waals surface area contributed by atoms with E-state index < -0.39 is 0 Å². The van der Waals surface area contributed by atoms with Crippen molar-refractivity contribution in [2.75, 3.05) is 29.4 Å². The monoisotopic (exact) mass is 317 g/mol. The number of benzene rings is 1. The normalized spacial score (nSPS) is 14.3. The van der Waals surface area contributed by atoms with Gasteiger partial charge in [0.1, 0.15) is 11.6 Å². The standard InChI is InChI=1S/C17H24FN5/c1-4-8-21-9-10-22(16-11-14(18)6-7-15(16)21)12-17-20-19-13(3)23(17)5-2/h6-7,11H,4-5,8-10,12H2,1-3H3. The van der Waals surface area contributed by atoms with Gasteiger partial charge in [-0.2, -0.15) is 0 Å². The Morgan fingerprint density at radius 2 is 1.87 bits per heavy atom. The number of anilines is 2. The molecule has 5 nitrogen and oxygen atoms in total. The SMILES string of the molecule is CCCN1CCN(Cc2nnc(C)n2CC)c2cc(F)ccc21. The highest BCUT2D eigenvalue weighted by atomic mass is 19.1. The Bertz CT molecular complexity index is 682. The Kier molecular flexibility index (Phi) is 4.50. The molecule has 0 fully saturated rings. The number of hydrogen-bond acceptors (Lipinski definition) is 4. The van der Waals surface area contributed by atoms with E-state index in [0.717, 1.165) is 55.6 Å². The fourth-order valence-electron chi connectivity index (χ4n) is 3.29. The quantitative estimate of drug-likeness (QED) is 0.849. The van der Waals surface area contributed by atoms with Crippen LogP contribution in [0.4, 0.5) is 15.8 Å². The molecule has 0 saturated heterocycles. The molecule has 1 aliphatic heterocycles. The Hall–Kier alpha value is -2.11. The topological polar surface area (TPSA) is 37.2 Å². The first-order valence-electron chi connectivity index (χ1n) is 8.32. The fourth-order valence-corrected chi connectivity index (χ4v) is 3.29. The summed E-state index contributed by atoms with van der Waals surface area (Å²) in [5, 5.41) is 8.47. The number of fused-ring (bicyclic) bond motifs is 1. The van der Waals surface area contributed by atoms with Gasteiger partial charge in [-0.1, -0.05) is 6.92 Å². The third kappa shape index (κ3) is 3.02. The highest BCUT2D eigenvalue weighted by Gasteiger charge is 2.24. The number of rotatable bonds is 5. The Morgan fingerprint density at radius 1 is 1.09 bits per heavy atom. The molecule has 124 valence electrons. The van der Waals surface area contributed by atoms with E-state index in [9.17, 15) is 4.39 Å². The molecule has 23 heavy (non-hydrogen) atoms. The van der Waals surface area contributed by atoms with Crippen molar-refractivity contribution in [1.29, 1.82) is 0 Å². The lowest BCUT2D eigenvalue weighted by Crippen LogP contribution is -2.41. The van der Waals surface area contributed by atoms with Crippen molar-refractivity contribution in [1.82, 2.24) is 14.8 Å². The Labute approximate surface area is 136 Å². The largest absolute Gasteiger partial charge is 0.368 e. The average molecular weight is 317 g/mol. The summed E-state index contributed by atoms with van der Waals surface area (Å²) in [4.78, 5) is 4.54. The summed E-state index contributed by atoms with van der Waals surface area (Å²) >= 11 is 0. The number of hydrogen-bond donors (Lipinski definition) is 0. The van der Waals surface area contributed by atoms with E-state index in [-0.39, 0.29) is 5.82 Å². The van der Waals surface area contributed by atoms with Crippen LogP contribution in [0.2, 0.25) is 0 Å². The summed E-state index contributed by atoms with van der Waals surface area (Å²) in [7, 11) is 0. The van der Waals surface area contributed by atoms with Gasteiger partial charge in [0.2, 0.25) is 0 Å². The maximum absolute atomic E-state index is 13.8. The van der Waals surface area contributed by atoms with Crippen LogP contribution in [0.3, 0.4) is 0 Å². The second-order valence-electron chi connectivity index (χ2n) is 5.95. The molecule has 1 aromatic carbocycles. The predicted octanol–water partition coefficient (Wildman–Crippen LogP) is 2.98. The molecule has 0 radical (unpaired) electrons. The summed E-state index contributed by atoms with van der Waals surface area (Å²) in [6.45, 7) is 10.5. The Balaban J connectivity index is 1.91. The van der Waals surface area contributed by atoms with Crippen molar-refractivity contribution in [2.24, 2.45) is 0 Å². The molecule has 0 amide bonds. The van der Waals surface area contributed by atoms with Crippen LogP contribution in [-0.2, 0) is 13.1 Å².